The smallest absolute Gasteiger partial charge is 0.171 e. The predicted octanol–water partition coefficient (Wildman–Crippen LogP) is 3.67. The van der Waals surface area contributed by atoms with Gasteiger partial charge in [0.1, 0.15) is 11.8 Å². The van der Waals surface area contributed by atoms with Gasteiger partial charge >= 0.3 is 0 Å². The van der Waals surface area contributed by atoms with Gasteiger partial charge in [0.15, 0.2) is 11.4 Å². The Morgan fingerprint density at radius 1 is 1.26 bits per heavy atom. The van der Waals surface area contributed by atoms with E-state index in [-0.39, 0.29) is 5.78 Å². The molecule has 0 fully saturated rings. The Morgan fingerprint density at radius 3 is 2.74 bits per heavy atom. The third-order valence-corrected chi connectivity index (χ3v) is 3.63. The van der Waals surface area contributed by atoms with E-state index in [4.69, 9.17) is 0 Å². The molecule has 0 bridgehead atoms. The van der Waals surface area contributed by atoms with E-state index in [0.29, 0.717) is 28.0 Å². The Kier molecular flexibility index (Phi) is 3.56. The first kappa shape index (κ1) is 15.1. The van der Waals surface area contributed by atoms with Crippen LogP contribution in [-0.2, 0) is 0 Å². The minimum Gasteiger partial charge on any atom is -0.344 e. The van der Waals surface area contributed by atoms with Gasteiger partial charge in [0.2, 0.25) is 0 Å². The zero-order valence-corrected chi connectivity index (χ0v) is 13.3. The standard InChI is InChI=1S/C18H17N3O2/c1-18(2,3)16(23)13-8-19-17-15(13)21-14(9-20-17)12-6-4-5-11(7-12)10-22/h4-10H,1-3H3,(H,19,20). The van der Waals surface area contributed by atoms with Gasteiger partial charge in [0.05, 0.1) is 17.5 Å². The topological polar surface area (TPSA) is 75.7 Å². The third kappa shape index (κ3) is 2.77. The van der Waals surface area contributed by atoms with Gasteiger partial charge in [0, 0.05) is 22.7 Å². The maximum absolute atomic E-state index is 12.6. The summed E-state index contributed by atoms with van der Waals surface area (Å²) in [7, 11) is 0. The van der Waals surface area contributed by atoms with Crippen LogP contribution in [0.1, 0.15) is 41.5 Å². The van der Waals surface area contributed by atoms with Gasteiger partial charge < -0.3 is 4.98 Å². The first-order valence-corrected chi connectivity index (χ1v) is 7.34. The Hall–Kier alpha value is -2.82. The number of aromatic amines is 1. The minimum absolute atomic E-state index is 0.0110. The third-order valence-electron chi connectivity index (χ3n) is 3.63. The van der Waals surface area contributed by atoms with Gasteiger partial charge in [-0.3, -0.25) is 9.59 Å². The zero-order valence-electron chi connectivity index (χ0n) is 13.3. The molecule has 0 aliphatic carbocycles. The molecule has 0 saturated carbocycles. The van der Waals surface area contributed by atoms with Crippen LogP contribution in [0.4, 0.5) is 0 Å². The van der Waals surface area contributed by atoms with Crippen molar-refractivity contribution < 1.29 is 9.59 Å². The SMILES string of the molecule is CC(C)(C)C(=O)c1c[nH]c2ncc(-c3cccc(C=O)c3)nc12. The number of fused-ring (bicyclic) bond motifs is 1. The molecular formula is C18H17N3O2. The summed E-state index contributed by atoms with van der Waals surface area (Å²) in [6.07, 6.45) is 4.08. The predicted molar refractivity (Wildman–Crippen MR) is 88.5 cm³/mol. The van der Waals surface area contributed by atoms with Crippen LogP contribution in [0.5, 0.6) is 0 Å². The monoisotopic (exact) mass is 307 g/mol. The quantitative estimate of drug-likeness (QED) is 0.591. The van der Waals surface area contributed by atoms with Crippen LogP contribution in [0, 0.1) is 5.41 Å². The highest BCUT2D eigenvalue weighted by Gasteiger charge is 2.26. The van der Waals surface area contributed by atoms with Crippen molar-refractivity contribution in [2.75, 3.05) is 0 Å². The van der Waals surface area contributed by atoms with Crippen LogP contribution in [0.3, 0.4) is 0 Å². The first-order chi connectivity index (χ1) is 10.9. The van der Waals surface area contributed by atoms with E-state index >= 15 is 0 Å². The van der Waals surface area contributed by atoms with Crippen molar-refractivity contribution in [3.05, 3.63) is 47.8 Å². The molecule has 5 heteroatoms. The average Bonchev–Trinajstić information content (AvgIpc) is 2.96. The summed E-state index contributed by atoms with van der Waals surface area (Å²) in [5.74, 6) is 0.0110. The summed E-state index contributed by atoms with van der Waals surface area (Å²) < 4.78 is 0. The van der Waals surface area contributed by atoms with Crippen molar-refractivity contribution in [1.82, 2.24) is 15.0 Å². The molecule has 0 radical (unpaired) electrons. The van der Waals surface area contributed by atoms with Crippen LogP contribution < -0.4 is 0 Å². The molecule has 23 heavy (non-hydrogen) atoms. The number of hydrogen-bond donors (Lipinski definition) is 1. The largest absolute Gasteiger partial charge is 0.344 e. The summed E-state index contributed by atoms with van der Waals surface area (Å²) in [4.78, 5) is 35.4. The first-order valence-electron chi connectivity index (χ1n) is 7.34. The number of carbonyl (C=O) groups excluding carboxylic acids is 2. The summed E-state index contributed by atoms with van der Waals surface area (Å²) in [5.41, 5.74) is 3.16. The molecular weight excluding hydrogens is 290 g/mol. The molecule has 0 aliphatic heterocycles. The van der Waals surface area contributed by atoms with Gasteiger partial charge in [-0.05, 0) is 6.07 Å². The maximum Gasteiger partial charge on any atom is 0.171 e. The van der Waals surface area contributed by atoms with E-state index in [0.717, 1.165) is 11.8 Å². The van der Waals surface area contributed by atoms with Crippen molar-refractivity contribution in [1.29, 1.82) is 0 Å². The molecule has 2 aromatic heterocycles. The highest BCUT2D eigenvalue weighted by molar-refractivity contribution is 6.08. The molecule has 0 spiro atoms. The normalized spacial score (nSPS) is 11.6. The number of H-pyrrole nitrogens is 1. The number of hydrogen-bond acceptors (Lipinski definition) is 4. The minimum atomic E-state index is -0.496. The Balaban J connectivity index is 2.14. The van der Waals surface area contributed by atoms with Crippen LogP contribution >= 0.6 is 0 Å². The molecule has 0 aliphatic rings. The van der Waals surface area contributed by atoms with Crippen molar-refractivity contribution in [3.8, 4) is 11.3 Å². The maximum atomic E-state index is 12.6. The van der Waals surface area contributed by atoms with Crippen LogP contribution in [0.2, 0.25) is 0 Å². The summed E-state index contributed by atoms with van der Waals surface area (Å²) >= 11 is 0. The fraction of sp³-hybridized carbons (Fsp3) is 0.222. The fourth-order valence-corrected chi connectivity index (χ4v) is 2.38. The lowest BCUT2D eigenvalue weighted by Crippen LogP contribution is -2.20. The lowest BCUT2D eigenvalue weighted by atomic mass is 9.87. The molecule has 3 rings (SSSR count). The number of benzene rings is 1. The second-order valence-corrected chi connectivity index (χ2v) is 6.48. The Labute approximate surface area is 133 Å². The van der Waals surface area contributed by atoms with E-state index < -0.39 is 5.41 Å². The highest BCUT2D eigenvalue weighted by atomic mass is 16.1. The number of nitrogens with zero attached hydrogens (tertiary/aromatic N) is 2. The number of aldehydes is 1. The van der Waals surface area contributed by atoms with Gasteiger partial charge in [-0.25, -0.2) is 9.97 Å². The van der Waals surface area contributed by atoms with Gasteiger partial charge in [-0.2, -0.15) is 0 Å². The molecule has 1 aromatic carbocycles. The van der Waals surface area contributed by atoms with Gasteiger partial charge in [-0.1, -0.05) is 39.0 Å². The second kappa shape index (κ2) is 5.43. The number of Topliss-reactive ketones (excluding diaryl/α,β-unsaturated/α-hetero) is 1. The molecule has 0 atom stereocenters. The number of nitrogens with one attached hydrogen (secondary N) is 1. The van der Waals surface area contributed by atoms with E-state index in [1.807, 2.05) is 26.8 Å². The van der Waals surface area contributed by atoms with Crippen molar-refractivity contribution in [3.63, 3.8) is 0 Å². The molecule has 0 unspecified atom stereocenters. The molecule has 5 nitrogen and oxygen atoms in total. The molecule has 0 saturated heterocycles. The van der Waals surface area contributed by atoms with Crippen LogP contribution in [0.25, 0.3) is 22.4 Å². The summed E-state index contributed by atoms with van der Waals surface area (Å²) in [6, 6.07) is 7.14. The van der Waals surface area contributed by atoms with Gasteiger partial charge in [-0.15, -0.1) is 0 Å². The van der Waals surface area contributed by atoms with Crippen molar-refractivity contribution >= 4 is 23.2 Å². The van der Waals surface area contributed by atoms with E-state index in [1.165, 1.54) is 0 Å². The number of carbonyl (C=O) groups is 2. The highest BCUT2D eigenvalue weighted by Crippen LogP contribution is 2.27. The Bertz CT molecular complexity index is 904. The number of aromatic nitrogens is 3. The van der Waals surface area contributed by atoms with Crippen molar-refractivity contribution in [2.45, 2.75) is 20.8 Å². The molecule has 3 aromatic rings. The van der Waals surface area contributed by atoms with E-state index in [2.05, 4.69) is 15.0 Å². The number of rotatable bonds is 3. The lowest BCUT2D eigenvalue weighted by Gasteiger charge is -2.15. The average molecular weight is 307 g/mol. The van der Waals surface area contributed by atoms with Gasteiger partial charge in [0.25, 0.3) is 0 Å². The molecule has 116 valence electrons. The van der Waals surface area contributed by atoms with E-state index in [9.17, 15) is 9.59 Å². The second-order valence-electron chi connectivity index (χ2n) is 6.48. The zero-order chi connectivity index (χ0) is 16.6. The fourth-order valence-electron chi connectivity index (χ4n) is 2.38. The number of ketones is 1. The summed E-state index contributed by atoms with van der Waals surface area (Å²) in [5, 5.41) is 0. The molecule has 1 N–H and O–H groups in total. The van der Waals surface area contributed by atoms with E-state index in [1.54, 1.807) is 30.6 Å². The van der Waals surface area contributed by atoms with Crippen molar-refractivity contribution in [2.24, 2.45) is 5.41 Å². The lowest BCUT2D eigenvalue weighted by molar-refractivity contribution is 0.0860. The molecule has 2 heterocycles. The van der Waals surface area contributed by atoms with Crippen LogP contribution in [0.15, 0.2) is 36.7 Å². The Morgan fingerprint density at radius 2 is 2.04 bits per heavy atom. The summed E-state index contributed by atoms with van der Waals surface area (Å²) in [6.45, 7) is 5.62. The molecule has 0 amide bonds. The van der Waals surface area contributed by atoms with Crippen LogP contribution in [-0.4, -0.2) is 27.0 Å².